The van der Waals surface area contributed by atoms with Gasteiger partial charge in [-0.1, -0.05) is 12.8 Å². The summed E-state index contributed by atoms with van der Waals surface area (Å²) in [5, 5.41) is 11.8. The zero-order valence-corrected chi connectivity index (χ0v) is 11.4. The van der Waals surface area contributed by atoms with Gasteiger partial charge in [-0.2, -0.15) is 0 Å². The van der Waals surface area contributed by atoms with Crippen LogP contribution >= 0.6 is 11.8 Å². The molecule has 0 heterocycles. The Morgan fingerprint density at radius 3 is 2.42 bits per heavy atom. The second kappa shape index (κ2) is 6.61. The highest BCUT2D eigenvalue weighted by molar-refractivity contribution is 8.00. The quantitative estimate of drug-likeness (QED) is 0.813. The minimum atomic E-state index is -1.12. The number of anilines is 1. The average Bonchev–Trinajstić information content (AvgIpc) is 2.83. The number of carbonyl (C=O) groups excluding carboxylic acids is 1. The van der Waals surface area contributed by atoms with Crippen LogP contribution in [0.3, 0.4) is 0 Å². The van der Waals surface area contributed by atoms with Gasteiger partial charge in [-0.15, -0.1) is 11.8 Å². The van der Waals surface area contributed by atoms with Crippen molar-refractivity contribution in [3.05, 3.63) is 24.3 Å². The van der Waals surface area contributed by atoms with Crippen LogP contribution in [0, 0.1) is 0 Å². The summed E-state index contributed by atoms with van der Waals surface area (Å²) in [7, 11) is 0. The lowest BCUT2D eigenvalue weighted by atomic mass is 10.3. The van der Waals surface area contributed by atoms with Gasteiger partial charge in [-0.3, -0.25) is 9.59 Å². The number of carboxylic acid groups (broad SMARTS) is 1. The van der Waals surface area contributed by atoms with Crippen LogP contribution in [0.2, 0.25) is 0 Å². The van der Waals surface area contributed by atoms with Crippen molar-refractivity contribution in [3.63, 3.8) is 0 Å². The lowest BCUT2D eigenvalue weighted by molar-refractivity contribution is -0.139. The van der Waals surface area contributed by atoms with Crippen LogP contribution < -0.4 is 5.32 Å². The van der Waals surface area contributed by atoms with Crippen molar-refractivity contribution >= 4 is 29.3 Å². The highest BCUT2D eigenvalue weighted by atomic mass is 32.2. The van der Waals surface area contributed by atoms with Gasteiger partial charge in [0.1, 0.15) is 6.42 Å². The molecule has 1 aromatic carbocycles. The van der Waals surface area contributed by atoms with Gasteiger partial charge in [0.2, 0.25) is 5.91 Å². The first-order valence-corrected chi connectivity index (χ1v) is 7.30. The lowest BCUT2D eigenvalue weighted by Gasteiger charge is -2.09. The number of aliphatic carboxylic acids is 1. The topological polar surface area (TPSA) is 66.4 Å². The van der Waals surface area contributed by atoms with Crippen LogP contribution in [0.5, 0.6) is 0 Å². The van der Waals surface area contributed by atoms with E-state index in [0.29, 0.717) is 10.9 Å². The monoisotopic (exact) mass is 279 g/mol. The maximum Gasteiger partial charge on any atom is 0.312 e. The first-order chi connectivity index (χ1) is 9.13. The second-order valence-corrected chi connectivity index (χ2v) is 6.04. The number of rotatable bonds is 5. The summed E-state index contributed by atoms with van der Waals surface area (Å²) in [6.07, 6.45) is 4.70. The average molecular weight is 279 g/mol. The molecule has 2 N–H and O–H groups in total. The van der Waals surface area contributed by atoms with E-state index < -0.39 is 18.3 Å². The fourth-order valence-corrected chi connectivity index (χ4v) is 3.41. The molecule has 4 nitrogen and oxygen atoms in total. The van der Waals surface area contributed by atoms with Crippen LogP contribution in [0.4, 0.5) is 5.69 Å². The first kappa shape index (κ1) is 13.9. The van der Waals surface area contributed by atoms with Crippen LogP contribution in [0.15, 0.2) is 29.2 Å². The molecule has 0 saturated heterocycles. The van der Waals surface area contributed by atoms with Crippen molar-refractivity contribution in [2.75, 3.05) is 5.32 Å². The highest BCUT2D eigenvalue weighted by Gasteiger charge is 2.16. The molecular formula is C14H17NO3S. The van der Waals surface area contributed by atoms with Gasteiger partial charge in [0.05, 0.1) is 0 Å². The third-order valence-corrected chi connectivity index (χ3v) is 4.40. The normalized spacial score (nSPS) is 15.4. The van der Waals surface area contributed by atoms with Crippen molar-refractivity contribution in [2.45, 2.75) is 42.2 Å². The minimum Gasteiger partial charge on any atom is -0.481 e. The van der Waals surface area contributed by atoms with Gasteiger partial charge >= 0.3 is 5.97 Å². The summed E-state index contributed by atoms with van der Waals surface area (Å²) in [5.74, 6) is -1.62. The predicted molar refractivity (Wildman–Crippen MR) is 75.4 cm³/mol. The standard InChI is InChI=1S/C14H17NO3S/c16-13(9-14(17)18)15-10-5-7-12(8-6-10)19-11-3-1-2-4-11/h5-8,11H,1-4,9H2,(H,15,16)(H,17,18). The van der Waals surface area contributed by atoms with Crippen LogP contribution in [-0.2, 0) is 9.59 Å². The summed E-state index contributed by atoms with van der Waals surface area (Å²) in [4.78, 5) is 22.9. The van der Waals surface area contributed by atoms with Crippen molar-refractivity contribution < 1.29 is 14.7 Å². The molecule has 1 aliphatic carbocycles. The van der Waals surface area contributed by atoms with E-state index in [-0.39, 0.29) is 0 Å². The molecule has 0 spiro atoms. The van der Waals surface area contributed by atoms with Crippen molar-refractivity contribution in [1.82, 2.24) is 0 Å². The van der Waals surface area contributed by atoms with Gasteiger partial charge in [-0.25, -0.2) is 0 Å². The Morgan fingerprint density at radius 1 is 1.21 bits per heavy atom. The van der Waals surface area contributed by atoms with Crippen molar-refractivity contribution in [3.8, 4) is 0 Å². The molecule has 1 amide bonds. The Labute approximate surface area is 116 Å². The molecule has 0 radical (unpaired) electrons. The maximum absolute atomic E-state index is 11.3. The number of amides is 1. The Morgan fingerprint density at radius 2 is 1.84 bits per heavy atom. The molecule has 5 heteroatoms. The van der Waals surface area contributed by atoms with Gasteiger partial charge in [0.15, 0.2) is 0 Å². The summed E-state index contributed by atoms with van der Waals surface area (Å²) in [5.41, 5.74) is 0.641. The molecule has 1 aromatic rings. The zero-order valence-electron chi connectivity index (χ0n) is 10.6. The molecule has 2 rings (SSSR count). The Balaban J connectivity index is 1.87. The number of hydrogen-bond donors (Lipinski definition) is 2. The molecule has 0 aromatic heterocycles. The zero-order chi connectivity index (χ0) is 13.7. The van der Waals surface area contributed by atoms with Gasteiger partial charge in [-0.05, 0) is 37.1 Å². The molecular weight excluding hydrogens is 262 g/mol. The number of carbonyl (C=O) groups is 2. The van der Waals surface area contributed by atoms with Gasteiger partial charge < -0.3 is 10.4 Å². The molecule has 0 atom stereocenters. The molecule has 1 saturated carbocycles. The highest BCUT2D eigenvalue weighted by Crippen LogP contribution is 2.34. The molecule has 0 bridgehead atoms. The van der Waals surface area contributed by atoms with Gasteiger partial charge in [0.25, 0.3) is 0 Å². The van der Waals surface area contributed by atoms with E-state index in [9.17, 15) is 9.59 Å². The number of hydrogen-bond acceptors (Lipinski definition) is 3. The van der Waals surface area contributed by atoms with Crippen molar-refractivity contribution in [2.24, 2.45) is 0 Å². The first-order valence-electron chi connectivity index (χ1n) is 6.42. The lowest BCUT2D eigenvalue weighted by Crippen LogP contribution is -2.15. The molecule has 0 unspecified atom stereocenters. The fourth-order valence-electron chi connectivity index (χ4n) is 2.16. The summed E-state index contributed by atoms with van der Waals surface area (Å²) in [6.45, 7) is 0. The van der Waals surface area contributed by atoms with E-state index in [2.05, 4.69) is 5.32 Å². The molecule has 1 fully saturated rings. The number of nitrogens with one attached hydrogen (secondary N) is 1. The fraction of sp³-hybridized carbons (Fsp3) is 0.429. The minimum absolute atomic E-state index is 0.497. The maximum atomic E-state index is 11.3. The number of thioether (sulfide) groups is 1. The second-order valence-electron chi connectivity index (χ2n) is 4.67. The van der Waals surface area contributed by atoms with E-state index in [4.69, 9.17) is 5.11 Å². The largest absolute Gasteiger partial charge is 0.481 e. The van der Waals surface area contributed by atoms with E-state index in [1.807, 2.05) is 36.0 Å². The SMILES string of the molecule is O=C(O)CC(=O)Nc1ccc(SC2CCCC2)cc1. The van der Waals surface area contributed by atoms with Crippen LogP contribution in [0.25, 0.3) is 0 Å². The molecule has 1 aliphatic rings. The van der Waals surface area contributed by atoms with Crippen LogP contribution in [-0.4, -0.2) is 22.2 Å². The number of benzene rings is 1. The molecule has 19 heavy (non-hydrogen) atoms. The van der Waals surface area contributed by atoms with E-state index in [1.54, 1.807) is 0 Å². The van der Waals surface area contributed by atoms with Gasteiger partial charge in [0, 0.05) is 15.8 Å². The third-order valence-electron chi connectivity index (χ3n) is 3.05. The summed E-state index contributed by atoms with van der Waals surface area (Å²) < 4.78 is 0. The smallest absolute Gasteiger partial charge is 0.312 e. The number of carboxylic acids is 1. The van der Waals surface area contributed by atoms with E-state index in [0.717, 1.165) is 0 Å². The third kappa shape index (κ3) is 4.59. The Hall–Kier alpha value is -1.49. The van der Waals surface area contributed by atoms with E-state index >= 15 is 0 Å². The van der Waals surface area contributed by atoms with Crippen molar-refractivity contribution in [1.29, 1.82) is 0 Å². The summed E-state index contributed by atoms with van der Waals surface area (Å²) in [6, 6.07) is 7.58. The Bertz CT molecular complexity index is 452. The Kier molecular flexibility index (Phi) is 4.85. The predicted octanol–water partition coefficient (Wildman–Crippen LogP) is 3.13. The summed E-state index contributed by atoms with van der Waals surface area (Å²) >= 11 is 1.88. The molecule has 0 aliphatic heterocycles. The van der Waals surface area contributed by atoms with Crippen LogP contribution in [0.1, 0.15) is 32.1 Å². The van der Waals surface area contributed by atoms with E-state index in [1.165, 1.54) is 30.6 Å². The molecule has 102 valence electrons.